The predicted octanol–water partition coefficient (Wildman–Crippen LogP) is 2.45. The summed E-state index contributed by atoms with van der Waals surface area (Å²) in [5.41, 5.74) is 2.92. The molecule has 0 saturated heterocycles. The number of pyridine rings is 1. The number of carbonyl (C=O) groups is 1. The Bertz CT molecular complexity index is 653. The Morgan fingerprint density at radius 1 is 1.30 bits per heavy atom. The van der Waals surface area contributed by atoms with Crippen LogP contribution in [0.15, 0.2) is 36.5 Å². The fraction of sp³-hybridized carbons (Fsp3) is 0.231. The van der Waals surface area contributed by atoms with Gasteiger partial charge in [-0.05, 0) is 19.1 Å². The molecule has 3 N–H and O–H groups in total. The zero-order chi connectivity index (χ0) is 15.0. The van der Waals surface area contributed by atoms with Gasteiger partial charge in [-0.1, -0.05) is 18.2 Å². The van der Waals surface area contributed by atoms with Gasteiger partial charge < -0.3 is 11.1 Å². The molecule has 1 heterocycles. The maximum absolute atomic E-state index is 12.6. The minimum atomic E-state index is -4.83. The van der Waals surface area contributed by atoms with Gasteiger partial charge in [-0.15, -0.1) is 0 Å². The number of hydrogen-bond donors (Lipinski definition) is 2. The van der Waals surface area contributed by atoms with Crippen molar-refractivity contribution in [3.05, 3.63) is 36.5 Å². The molecule has 20 heavy (non-hydrogen) atoms. The van der Waals surface area contributed by atoms with E-state index >= 15 is 0 Å². The van der Waals surface area contributed by atoms with Gasteiger partial charge in [0.05, 0.1) is 17.4 Å². The van der Waals surface area contributed by atoms with E-state index in [9.17, 15) is 18.0 Å². The number of anilines is 1. The van der Waals surface area contributed by atoms with E-state index in [2.05, 4.69) is 10.3 Å². The molecule has 1 amide bonds. The van der Waals surface area contributed by atoms with Crippen molar-refractivity contribution in [1.82, 2.24) is 4.98 Å². The molecule has 1 unspecified atom stereocenters. The van der Waals surface area contributed by atoms with Crippen LogP contribution in [0.4, 0.5) is 18.9 Å². The third-order valence-corrected chi connectivity index (χ3v) is 2.91. The van der Waals surface area contributed by atoms with E-state index in [0.717, 1.165) is 0 Å². The number of benzene rings is 1. The van der Waals surface area contributed by atoms with Crippen molar-refractivity contribution in [3.8, 4) is 0 Å². The zero-order valence-electron chi connectivity index (χ0n) is 10.5. The first-order valence-corrected chi connectivity index (χ1v) is 5.73. The summed E-state index contributed by atoms with van der Waals surface area (Å²) in [4.78, 5) is 15.7. The monoisotopic (exact) mass is 283 g/mol. The molecule has 0 fully saturated rings. The van der Waals surface area contributed by atoms with Gasteiger partial charge in [0.1, 0.15) is 0 Å². The van der Waals surface area contributed by atoms with Gasteiger partial charge in [-0.25, -0.2) is 0 Å². The molecule has 0 aliphatic rings. The van der Waals surface area contributed by atoms with Crippen molar-refractivity contribution >= 4 is 22.5 Å². The van der Waals surface area contributed by atoms with Gasteiger partial charge in [0.25, 0.3) is 5.91 Å². The SMILES string of the molecule is CC(N)(C(=O)Nc1cnc2ccccc2c1)C(F)(F)F. The molecule has 0 bridgehead atoms. The fourth-order valence-electron chi connectivity index (χ4n) is 1.53. The second kappa shape index (κ2) is 4.75. The van der Waals surface area contributed by atoms with Gasteiger partial charge in [0.2, 0.25) is 0 Å². The lowest BCUT2D eigenvalue weighted by atomic mass is 10.0. The van der Waals surface area contributed by atoms with Gasteiger partial charge in [-0.2, -0.15) is 13.2 Å². The Morgan fingerprint density at radius 3 is 2.60 bits per heavy atom. The Labute approximate surface area is 112 Å². The Morgan fingerprint density at radius 2 is 1.95 bits per heavy atom. The minimum absolute atomic E-state index is 0.162. The van der Waals surface area contributed by atoms with Crippen LogP contribution in [0.1, 0.15) is 6.92 Å². The van der Waals surface area contributed by atoms with Crippen molar-refractivity contribution < 1.29 is 18.0 Å². The number of fused-ring (bicyclic) bond motifs is 1. The molecule has 1 atom stereocenters. The first kappa shape index (κ1) is 14.3. The largest absolute Gasteiger partial charge is 0.415 e. The summed E-state index contributed by atoms with van der Waals surface area (Å²) in [5, 5.41) is 2.84. The summed E-state index contributed by atoms with van der Waals surface area (Å²) in [6.45, 7) is 0.622. The molecule has 0 spiro atoms. The minimum Gasteiger partial charge on any atom is -0.323 e. The van der Waals surface area contributed by atoms with Crippen molar-refractivity contribution in [1.29, 1.82) is 0 Å². The number of halogens is 3. The van der Waals surface area contributed by atoms with E-state index in [0.29, 0.717) is 17.8 Å². The smallest absolute Gasteiger partial charge is 0.323 e. The standard InChI is InChI=1S/C13H12F3N3O/c1-12(17,13(14,15)16)11(20)19-9-6-8-4-2-3-5-10(8)18-7-9/h2-7H,17H2,1H3,(H,19,20). The molecule has 4 nitrogen and oxygen atoms in total. The topological polar surface area (TPSA) is 68.0 Å². The normalized spacial score (nSPS) is 14.8. The number of para-hydroxylation sites is 1. The summed E-state index contributed by atoms with van der Waals surface area (Å²) >= 11 is 0. The van der Waals surface area contributed by atoms with E-state index in [1.807, 2.05) is 0 Å². The Kier molecular flexibility index (Phi) is 3.39. The second-order valence-corrected chi connectivity index (χ2v) is 4.57. The molecular weight excluding hydrogens is 271 g/mol. The molecule has 1 aromatic carbocycles. The van der Waals surface area contributed by atoms with Crippen LogP contribution in [0.5, 0.6) is 0 Å². The first-order valence-electron chi connectivity index (χ1n) is 5.73. The zero-order valence-corrected chi connectivity index (χ0v) is 10.5. The molecule has 2 rings (SSSR count). The number of rotatable bonds is 2. The summed E-state index contributed by atoms with van der Waals surface area (Å²) in [6, 6.07) is 8.58. The Balaban J connectivity index is 2.26. The molecule has 0 aliphatic heterocycles. The third-order valence-electron chi connectivity index (χ3n) is 2.91. The average molecular weight is 283 g/mol. The van der Waals surface area contributed by atoms with Gasteiger partial charge in [0, 0.05) is 5.39 Å². The van der Waals surface area contributed by atoms with Crippen molar-refractivity contribution in [2.75, 3.05) is 5.32 Å². The fourth-order valence-corrected chi connectivity index (χ4v) is 1.53. The average Bonchev–Trinajstić information content (AvgIpc) is 2.37. The van der Waals surface area contributed by atoms with Crippen LogP contribution in [0.2, 0.25) is 0 Å². The highest BCUT2D eigenvalue weighted by atomic mass is 19.4. The number of nitrogens with one attached hydrogen (secondary N) is 1. The van der Waals surface area contributed by atoms with E-state index in [1.54, 1.807) is 24.3 Å². The highest BCUT2D eigenvalue weighted by molar-refractivity contribution is 5.99. The number of nitrogens with zero attached hydrogens (tertiary/aromatic N) is 1. The predicted molar refractivity (Wildman–Crippen MR) is 69.0 cm³/mol. The molecule has 106 valence electrons. The number of nitrogens with two attached hydrogens (primary N) is 1. The lowest BCUT2D eigenvalue weighted by Gasteiger charge is -2.26. The second-order valence-electron chi connectivity index (χ2n) is 4.57. The summed E-state index contributed by atoms with van der Waals surface area (Å²) < 4.78 is 37.9. The Hall–Kier alpha value is -2.15. The van der Waals surface area contributed by atoms with Crippen LogP contribution in [-0.2, 0) is 4.79 Å². The number of hydrogen-bond acceptors (Lipinski definition) is 3. The van der Waals surface area contributed by atoms with Crippen LogP contribution < -0.4 is 11.1 Å². The molecule has 7 heteroatoms. The van der Waals surface area contributed by atoms with Crippen LogP contribution >= 0.6 is 0 Å². The molecule has 1 aromatic heterocycles. The number of aromatic nitrogens is 1. The lowest BCUT2D eigenvalue weighted by Crippen LogP contribution is -2.59. The van der Waals surface area contributed by atoms with Gasteiger partial charge in [-0.3, -0.25) is 9.78 Å². The number of carbonyl (C=O) groups excluding carboxylic acids is 1. The first-order chi connectivity index (χ1) is 9.22. The van der Waals surface area contributed by atoms with E-state index in [1.165, 1.54) is 12.3 Å². The summed E-state index contributed by atoms with van der Waals surface area (Å²) in [5.74, 6) is -1.33. The van der Waals surface area contributed by atoms with Crippen LogP contribution in [-0.4, -0.2) is 22.6 Å². The van der Waals surface area contributed by atoms with E-state index in [4.69, 9.17) is 5.73 Å². The molecule has 0 saturated carbocycles. The molecular formula is C13H12F3N3O. The van der Waals surface area contributed by atoms with Gasteiger partial charge >= 0.3 is 6.18 Å². The van der Waals surface area contributed by atoms with Crippen molar-refractivity contribution in [2.45, 2.75) is 18.6 Å². The molecule has 0 radical (unpaired) electrons. The summed E-state index contributed by atoms with van der Waals surface area (Å²) in [7, 11) is 0. The quantitative estimate of drug-likeness (QED) is 0.889. The third kappa shape index (κ3) is 2.57. The molecule has 0 aliphatic carbocycles. The highest BCUT2D eigenvalue weighted by Gasteiger charge is 2.53. The van der Waals surface area contributed by atoms with Crippen LogP contribution in [0.3, 0.4) is 0 Å². The molecule has 2 aromatic rings. The number of alkyl halides is 3. The number of amides is 1. The van der Waals surface area contributed by atoms with Crippen LogP contribution in [0, 0.1) is 0 Å². The van der Waals surface area contributed by atoms with Crippen LogP contribution in [0.25, 0.3) is 10.9 Å². The van der Waals surface area contributed by atoms with Crippen molar-refractivity contribution in [3.63, 3.8) is 0 Å². The van der Waals surface area contributed by atoms with Gasteiger partial charge in [0.15, 0.2) is 5.54 Å². The van der Waals surface area contributed by atoms with E-state index < -0.39 is 17.6 Å². The maximum atomic E-state index is 12.6. The van der Waals surface area contributed by atoms with Crippen molar-refractivity contribution in [2.24, 2.45) is 5.73 Å². The lowest BCUT2D eigenvalue weighted by molar-refractivity contribution is -0.184. The van der Waals surface area contributed by atoms with E-state index in [-0.39, 0.29) is 5.69 Å². The summed E-state index contributed by atoms with van der Waals surface area (Å²) in [6.07, 6.45) is -3.55. The highest BCUT2D eigenvalue weighted by Crippen LogP contribution is 2.29. The maximum Gasteiger partial charge on any atom is 0.415 e.